The maximum Gasteiger partial charge on any atom is 1.00 e. The van der Waals surface area contributed by atoms with Crippen LogP contribution in [0.2, 0.25) is 0 Å². The molecular formula is C32H23ClN5Na3O11S3. The van der Waals surface area contributed by atoms with Crippen molar-refractivity contribution in [3.8, 4) is 16.9 Å². The number of halogens is 1. The SMILES string of the molecule is Cc1cc(-c2cc(C)c(N=Nc3cc(S(=O)(=O)[O-])c4ccccc4c3[O-])cc2S(=O)(=O)O)c(S(=O)(=O)[O-])cc1N=Nc1ccc(NC(=O)CCl)cc1.[Na+].[Na+].[Na+]. The number of hydrogen-bond donors (Lipinski definition) is 2. The summed E-state index contributed by atoms with van der Waals surface area (Å²) in [5.74, 6) is -1.47. The van der Waals surface area contributed by atoms with Gasteiger partial charge in [0.2, 0.25) is 5.91 Å². The summed E-state index contributed by atoms with van der Waals surface area (Å²) in [5.41, 5.74) is -0.675. The van der Waals surface area contributed by atoms with Crippen LogP contribution in [0.3, 0.4) is 0 Å². The minimum absolute atomic E-state index is 0. The number of nitrogens with zero attached hydrogens (tertiary/aromatic N) is 4. The fourth-order valence-electron chi connectivity index (χ4n) is 5.02. The van der Waals surface area contributed by atoms with Crippen molar-refractivity contribution in [3.05, 3.63) is 90.0 Å². The number of fused-ring (bicyclic) bond motifs is 1. The van der Waals surface area contributed by atoms with Crippen LogP contribution in [0.15, 0.2) is 114 Å². The summed E-state index contributed by atoms with van der Waals surface area (Å²) in [6.45, 7) is 2.87. The standard InChI is InChI=1S/C32H26ClN5O11S3.3Na/c1-17-11-23(29(51(44,45)46)13-25(17)36-35-20-9-7-19(8-10-20)34-31(39)16-33)24-12-18(2)26(14-30(24)52(47,48)49)37-38-27-15-28(50(41,42)43)21-5-3-4-6-22(21)32(27)40;;;/h3-15,40H,16H2,1-2H3,(H,34,39)(H,41,42,43)(H,44,45,46)(H,47,48,49);;;/q;3*+1/p-3. The summed E-state index contributed by atoms with van der Waals surface area (Å²) >= 11 is 5.48. The first-order valence-electron chi connectivity index (χ1n) is 14.5. The van der Waals surface area contributed by atoms with Crippen molar-refractivity contribution < 1.29 is 137 Å². The summed E-state index contributed by atoms with van der Waals surface area (Å²) < 4.78 is 109. The Morgan fingerprint density at radius 1 is 0.673 bits per heavy atom. The smallest absolute Gasteiger partial charge is 0.871 e. The number of carbonyl (C=O) groups excluding carboxylic acids is 1. The molecule has 0 bridgehead atoms. The Balaban J connectivity index is 0.00000348. The molecule has 16 nitrogen and oxygen atoms in total. The molecule has 0 saturated carbocycles. The van der Waals surface area contributed by atoms with E-state index in [4.69, 9.17) is 11.6 Å². The molecule has 5 rings (SSSR count). The van der Waals surface area contributed by atoms with Gasteiger partial charge >= 0.3 is 88.7 Å². The number of benzene rings is 5. The molecule has 0 aliphatic heterocycles. The topological polar surface area (TPSA) is 270 Å². The molecule has 0 unspecified atom stereocenters. The zero-order valence-electron chi connectivity index (χ0n) is 29.6. The molecule has 0 heterocycles. The fraction of sp³-hybridized carbons (Fsp3) is 0.0938. The van der Waals surface area contributed by atoms with Crippen molar-refractivity contribution in [3.63, 3.8) is 0 Å². The van der Waals surface area contributed by atoms with Crippen LogP contribution < -0.4 is 99.1 Å². The van der Waals surface area contributed by atoms with E-state index in [1.807, 2.05) is 0 Å². The Kier molecular flexibility index (Phi) is 17.4. The molecule has 0 aliphatic rings. The maximum absolute atomic E-state index is 13.1. The van der Waals surface area contributed by atoms with E-state index in [-0.39, 0.29) is 134 Å². The van der Waals surface area contributed by atoms with E-state index in [0.29, 0.717) is 5.69 Å². The van der Waals surface area contributed by atoms with Crippen molar-refractivity contribution in [2.45, 2.75) is 28.5 Å². The molecule has 2 N–H and O–H groups in total. The summed E-state index contributed by atoms with van der Waals surface area (Å²) in [6.07, 6.45) is 0. The second-order valence-electron chi connectivity index (χ2n) is 11.1. The van der Waals surface area contributed by atoms with Gasteiger partial charge in [0.1, 0.15) is 31.0 Å². The first-order chi connectivity index (χ1) is 24.3. The summed E-state index contributed by atoms with van der Waals surface area (Å²) in [6, 6.07) is 16.1. The number of anilines is 1. The second kappa shape index (κ2) is 19.5. The summed E-state index contributed by atoms with van der Waals surface area (Å²) in [5, 5.41) is 31.0. The first kappa shape index (κ1) is 49.0. The number of nitrogens with one attached hydrogen (secondary N) is 1. The summed E-state index contributed by atoms with van der Waals surface area (Å²) in [7, 11) is -15.6. The fourth-order valence-corrected chi connectivity index (χ4v) is 7.19. The molecule has 270 valence electrons. The van der Waals surface area contributed by atoms with E-state index in [1.54, 1.807) is 0 Å². The van der Waals surface area contributed by atoms with Gasteiger partial charge in [-0.3, -0.25) is 9.35 Å². The average molecular weight is 854 g/mol. The minimum atomic E-state index is -5.32. The molecule has 5 aromatic carbocycles. The van der Waals surface area contributed by atoms with Gasteiger partial charge in [-0.15, -0.1) is 11.6 Å². The van der Waals surface area contributed by atoms with Gasteiger partial charge < -0.3 is 19.5 Å². The van der Waals surface area contributed by atoms with Crippen LogP contribution in [0, 0.1) is 13.8 Å². The van der Waals surface area contributed by atoms with E-state index in [9.17, 15) is 48.8 Å². The normalized spacial score (nSPS) is 11.9. The molecule has 0 aromatic heterocycles. The monoisotopic (exact) mass is 853 g/mol. The van der Waals surface area contributed by atoms with Crippen LogP contribution in [0.25, 0.3) is 21.9 Å². The molecular weight excluding hydrogens is 831 g/mol. The zero-order chi connectivity index (χ0) is 38.2. The van der Waals surface area contributed by atoms with Gasteiger partial charge in [0.15, 0.2) is 0 Å². The van der Waals surface area contributed by atoms with Crippen molar-refractivity contribution in [1.29, 1.82) is 0 Å². The number of amides is 1. The molecule has 0 aliphatic carbocycles. The Hall–Kier alpha value is -2.15. The van der Waals surface area contributed by atoms with Crippen LogP contribution in [-0.4, -0.2) is 50.7 Å². The van der Waals surface area contributed by atoms with Crippen molar-refractivity contribution in [2.24, 2.45) is 20.5 Å². The Morgan fingerprint density at radius 3 is 1.64 bits per heavy atom. The van der Waals surface area contributed by atoms with Gasteiger partial charge in [-0.25, -0.2) is 16.8 Å². The van der Waals surface area contributed by atoms with Crippen molar-refractivity contribution in [2.75, 3.05) is 11.2 Å². The molecule has 5 aromatic rings. The third-order valence-electron chi connectivity index (χ3n) is 7.45. The van der Waals surface area contributed by atoms with E-state index in [1.165, 1.54) is 62.4 Å². The molecule has 0 radical (unpaired) electrons. The number of alkyl halides is 1. The molecule has 0 fully saturated rings. The van der Waals surface area contributed by atoms with Crippen molar-refractivity contribution in [1.82, 2.24) is 0 Å². The van der Waals surface area contributed by atoms with Gasteiger partial charge in [0, 0.05) is 16.8 Å². The first-order valence-corrected chi connectivity index (χ1v) is 19.3. The molecule has 0 atom stereocenters. The molecule has 1 amide bonds. The van der Waals surface area contributed by atoms with Gasteiger partial charge in [0.05, 0.1) is 32.5 Å². The van der Waals surface area contributed by atoms with Gasteiger partial charge in [-0.05, 0) is 90.3 Å². The number of aryl methyl sites for hydroxylation is 2. The molecule has 0 saturated heterocycles. The van der Waals surface area contributed by atoms with E-state index < -0.39 is 73.5 Å². The third-order valence-corrected chi connectivity index (χ3v) is 10.3. The molecule has 55 heavy (non-hydrogen) atoms. The largest absolute Gasteiger partial charge is 1.00 e. The Labute approximate surface area is 387 Å². The number of rotatable bonds is 10. The number of hydrogen-bond acceptors (Lipinski definition) is 14. The van der Waals surface area contributed by atoms with Crippen LogP contribution in [-0.2, 0) is 35.1 Å². The van der Waals surface area contributed by atoms with E-state index in [2.05, 4.69) is 25.8 Å². The second-order valence-corrected chi connectivity index (χ2v) is 15.4. The predicted octanol–water partition coefficient (Wildman–Crippen LogP) is -2.73. The number of azo groups is 2. The van der Waals surface area contributed by atoms with Crippen LogP contribution >= 0.6 is 11.6 Å². The van der Waals surface area contributed by atoms with Crippen LogP contribution in [0.5, 0.6) is 5.75 Å². The Bertz CT molecular complexity index is 2680. The van der Waals surface area contributed by atoms with E-state index in [0.717, 1.165) is 30.3 Å². The summed E-state index contributed by atoms with van der Waals surface area (Å²) in [4.78, 5) is 8.95. The van der Waals surface area contributed by atoms with E-state index >= 15 is 0 Å². The van der Waals surface area contributed by atoms with Gasteiger partial charge in [0.25, 0.3) is 10.1 Å². The van der Waals surface area contributed by atoms with Gasteiger partial charge in [-0.1, -0.05) is 30.0 Å². The van der Waals surface area contributed by atoms with Crippen molar-refractivity contribution >= 4 is 87.1 Å². The molecule has 23 heteroatoms. The predicted molar refractivity (Wildman–Crippen MR) is 185 cm³/mol. The van der Waals surface area contributed by atoms with Crippen LogP contribution in [0.4, 0.5) is 28.4 Å². The quantitative estimate of drug-likeness (QED) is 0.0630. The van der Waals surface area contributed by atoms with Gasteiger partial charge in [-0.2, -0.15) is 28.9 Å². The minimum Gasteiger partial charge on any atom is -0.871 e. The van der Waals surface area contributed by atoms with Crippen LogP contribution in [0.1, 0.15) is 11.1 Å². The maximum atomic E-state index is 13.1. The Morgan fingerprint density at radius 2 is 1.13 bits per heavy atom. The number of carbonyl (C=O) groups is 1. The average Bonchev–Trinajstić information content (AvgIpc) is 3.06. The molecule has 0 spiro atoms. The third kappa shape index (κ3) is 11.7. The zero-order valence-corrected chi connectivity index (χ0v) is 38.8.